The Balaban J connectivity index is 4.81. The lowest BCUT2D eigenvalue weighted by Crippen LogP contribution is -2.86. The van der Waals surface area contributed by atoms with Gasteiger partial charge in [-0.3, -0.25) is 28.8 Å². The first kappa shape index (κ1) is 63.8. The van der Waals surface area contributed by atoms with E-state index in [-0.39, 0.29) is 76.4 Å². The zero-order chi connectivity index (χ0) is 49.3. The molecule has 0 rings (SSSR count). The molecular weight excluding hydrogens is 855 g/mol. The third-order valence-corrected chi connectivity index (χ3v) is 11.9. The van der Waals surface area contributed by atoms with E-state index in [2.05, 4.69) is 27.7 Å². The molecule has 0 unspecified atom stereocenters. The van der Waals surface area contributed by atoms with Crippen molar-refractivity contribution in [2.45, 2.75) is 246 Å². The highest BCUT2D eigenvalue weighted by Crippen LogP contribution is 2.15. The Labute approximate surface area is 407 Å². The van der Waals surface area contributed by atoms with Crippen molar-refractivity contribution in [3.8, 4) is 0 Å². The minimum absolute atomic E-state index is 0.0309. The highest BCUT2D eigenvalue weighted by molar-refractivity contribution is 5.72. The number of unbranched alkanes of at least 4 members (excludes halogenated alkanes) is 24. The van der Waals surface area contributed by atoms with Crippen LogP contribution < -0.4 is 5.32 Å². The Morgan fingerprint density at radius 1 is 0.299 bits per heavy atom. The third-order valence-electron chi connectivity index (χ3n) is 11.9. The van der Waals surface area contributed by atoms with Crippen LogP contribution in [0, 0.1) is 11.8 Å². The van der Waals surface area contributed by atoms with Crippen LogP contribution in [0.2, 0.25) is 0 Å². The summed E-state index contributed by atoms with van der Waals surface area (Å²) < 4.78 is 33.0. The average molecular weight is 955 g/mol. The zero-order valence-electron chi connectivity index (χ0n) is 43.3. The molecule has 0 aromatic rings. The van der Waals surface area contributed by atoms with Gasteiger partial charge in [-0.25, -0.2) is 0 Å². The Hall–Kier alpha value is -3.22. The van der Waals surface area contributed by atoms with Crippen LogP contribution in [-0.2, 0) is 57.2 Å². The molecule has 2 N–H and O–H groups in total. The largest absolute Gasteiger partial charge is 0.465 e. The van der Waals surface area contributed by atoms with Gasteiger partial charge in [0.25, 0.3) is 0 Å². The second kappa shape index (κ2) is 49.2. The lowest BCUT2D eigenvalue weighted by Gasteiger charge is -2.17. The van der Waals surface area contributed by atoms with Gasteiger partial charge in [-0.15, -0.1) is 0 Å². The maximum absolute atomic E-state index is 12.8. The van der Waals surface area contributed by atoms with Crippen molar-refractivity contribution in [1.82, 2.24) is 0 Å². The van der Waals surface area contributed by atoms with Gasteiger partial charge in [-0.2, -0.15) is 0 Å². The van der Waals surface area contributed by atoms with Crippen LogP contribution >= 0.6 is 0 Å². The summed E-state index contributed by atoms with van der Waals surface area (Å²) >= 11 is 0. The predicted molar refractivity (Wildman–Crippen MR) is 264 cm³/mol. The summed E-state index contributed by atoms with van der Waals surface area (Å²) in [4.78, 5) is 75.6. The fraction of sp³-hybridized carbons (Fsp3) is 0.889. The summed E-state index contributed by atoms with van der Waals surface area (Å²) in [6, 6.07) is 0. The molecule has 0 radical (unpaired) electrons. The third kappa shape index (κ3) is 46.3. The van der Waals surface area contributed by atoms with Crippen molar-refractivity contribution >= 4 is 35.8 Å². The molecule has 0 atom stereocenters. The zero-order valence-corrected chi connectivity index (χ0v) is 43.3. The Morgan fingerprint density at radius 2 is 0.522 bits per heavy atom. The van der Waals surface area contributed by atoms with E-state index in [4.69, 9.17) is 28.4 Å². The molecule has 0 heterocycles. The lowest BCUT2D eigenvalue weighted by atomic mass is 10.1. The lowest BCUT2D eigenvalue weighted by molar-refractivity contribution is -0.656. The van der Waals surface area contributed by atoms with Gasteiger partial charge in [-0.05, 0) is 25.7 Å². The van der Waals surface area contributed by atoms with Gasteiger partial charge in [0.1, 0.15) is 26.3 Å². The molecule has 0 fully saturated rings. The van der Waals surface area contributed by atoms with Crippen LogP contribution in [0.1, 0.15) is 246 Å². The van der Waals surface area contributed by atoms with E-state index in [1.807, 2.05) is 5.32 Å². The van der Waals surface area contributed by atoms with Crippen LogP contribution in [-0.4, -0.2) is 88.5 Å². The summed E-state index contributed by atoms with van der Waals surface area (Å²) in [5.74, 6) is -3.26. The number of quaternary nitrogens is 1. The first-order valence-electron chi connectivity index (χ1n) is 27.4. The highest BCUT2D eigenvalue weighted by atomic mass is 16.6. The highest BCUT2D eigenvalue weighted by Gasteiger charge is 2.22. The first-order valence-corrected chi connectivity index (χ1v) is 27.4. The maximum Gasteiger partial charge on any atom is 0.306 e. The number of hydrogen-bond acceptors (Lipinski definition) is 12. The summed E-state index contributed by atoms with van der Waals surface area (Å²) in [5, 5.41) is 1.86. The minimum atomic E-state index is -0.516. The predicted octanol–water partition coefficient (Wildman–Crippen LogP) is 11.4. The van der Waals surface area contributed by atoms with Gasteiger partial charge in [-0.1, -0.05) is 182 Å². The van der Waals surface area contributed by atoms with E-state index in [1.165, 1.54) is 103 Å². The molecule has 67 heavy (non-hydrogen) atoms. The van der Waals surface area contributed by atoms with E-state index >= 15 is 0 Å². The molecule has 0 aromatic carbocycles. The smallest absolute Gasteiger partial charge is 0.306 e. The summed E-state index contributed by atoms with van der Waals surface area (Å²) in [6.07, 6.45) is 31.7. The quantitative estimate of drug-likeness (QED) is 0.0348. The van der Waals surface area contributed by atoms with E-state index in [9.17, 15) is 28.8 Å². The standard InChI is InChI=1S/C54H99NO12/c1-5-9-13-17-21-25-29-33-49(56)64-43-47(44-65-50(57)34-30-26-22-18-14-10-6-2)41-53(60)62-39-37-55-38-40-63-54(61)42-48(45-66-51(58)35-31-27-23-19-15-11-7-3)46-67-52(59)36-32-28-24-20-16-12-8-4/h47-48,55H,5-46H2,1-4H3/p+1. The topological polar surface area (TPSA) is 174 Å². The van der Waals surface area contributed by atoms with Crippen molar-refractivity contribution < 1.29 is 62.5 Å². The fourth-order valence-corrected chi connectivity index (χ4v) is 7.62. The van der Waals surface area contributed by atoms with Crippen LogP contribution in [0.5, 0.6) is 0 Å². The number of ether oxygens (including phenoxy) is 6. The number of hydrogen-bond donors (Lipinski definition) is 1. The average Bonchev–Trinajstić information content (AvgIpc) is 3.31. The number of esters is 6. The summed E-state index contributed by atoms with van der Waals surface area (Å²) in [7, 11) is 0. The molecule has 0 saturated heterocycles. The maximum atomic E-state index is 12.8. The molecule has 0 bridgehead atoms. The molecule has 0 aliphatic heterocycles. The van der Waals surface area contributed by atoms with Gasteiger partial charge in [0.15, 0.2) is 0 Å². The minimum Gasteiger partial charge on any atom is -0.465 e. The van der Waals surface area contributed by atoms with Gasteiger partial charge in [0.2, 0.25) is 0 Å². The van der Waals surface area contributed by atoms with Crippen molar-refractivity contribution in [1.29, 1.82) is 0 Å². The summed E-state index contributed by atoms with van der Waals surface area (Å²) in [5.41, 5.74) is 0. The Morgan fingerprint density at radius 3 is 0.761 bits per heavy atom. The van der Waals surface area contributed by atoms with Crippen LogP contribution in [0.25, 0.3) is 0 Å². The second-order valence-electron chi connectivity index (χ2n) is 18.7. The number of carbonyl (C=O) groups excluding carboxylic acids is 6. The van der Waals surface area contributed by atoms with Gasteiger partial charge >= 0.3 is 35.8 Å². The summed E-state index contributed by atoms with van der Waals surface area (Å²) in [6.45, 7) is 9.72. The first-order chi connectivity index (χ1) is 32.6. The van der Waals surface area contributed by atoms with Crippen LogP contribution in [0.4, 0.5) is 0 Å². The molecule has 0 spiro atoms. The van der Waals surface area contributed by atoms with E-state index in [0.29, 0.717) is 38.8 Å². The van der Waals surface area contributed by atoms with Gasteiger partial charge in [0, 0.05) is 37.5 Å². The van der Waals surface area contributed by atoms with Crippen molar-refractivity contribution in [2.75, 3.05) is 52.7 Å². The van der Waals surface area contributed by atoms with E-state index in [0.717, 1.165) is 77.0 Å². The normalized spacial score (nSPS) is 11.2. The van der Waals surface area contributed by atoms with E-state index in [1.54, 1.807) is 0 Å². The molecule has 0 saturated carbocycles. The van der Waals surface area contributed by atoms with Crippen LogP contribution in [0.3, 0.4) is 0 Å². The van der Waals surface area contributed by atoms with E-state index < -0.39 is 23.8 Å². The fourth-order valence-electron chi connectivity index (χ4n) is 7.62. The monoisotopic (exact) mass is 955 g/mol. The SMILES string of the molecule is CCCCCCCCCC(=O)OCC(COC(=O)CCCCCCCCC)CC(=O)OCC[NH2+]CCOC(=O)CC(COC(=O)CCCCCCCCC)COC(=O)CCCCCCCCC. The molecule has 0 aromatic heterocycles. The molecule has 0 aliphatic rings. The Bertz CT molecular complexity index is 1060. The second-order valence-corrected chi connectivity index (χ2v) is 18.7. The molecule has 13 nitrogen and oxygen atoms in total. The molecule has 0 amide bonds. The molecule has 392 valence electrons. The number of nitrogens with two attached hydrogens (primary N) is 1. The molecular formula is C54H100NO12+. The van der Waals surface area contributed by atoms with Crippen LogP contribution in [0.15, 0.2) is 0 Å². The van der Waals surface area contributed by atoms with Crippen molar-refractivity contribution in [2.24, 2.45) is 11.8 Å². The number of rotatable bonds is 50. The Kier molecular flexibility index (Phi) is 46.8. The number of carbonyl (C=O) groups is 6. The molecule has 0 aliphatic carbocycles. The van der Waals surface area contributed by atoms with Gasteiger partial charge in [0.05, 0.1) is 39.3 Å². The van der Waals surface area contributed by atoms with Gasteiger partial charge < -0.3 is 33.7 Å². The molecule has 13 heteroatoms. The van der Waals surface area contributed by atoms with Crippen molar-refractivity contribution in [3.05, 3.63) is 0 Å². The van der Waals surface area contributed by atoms with Crippen molar-refractivity contribution in [3.63, 3.8) is 0 Å².